The van der Waals surface area contributed by atoms with E-state index in [1.165, 1.54) is 32.2 Å². The highest BCUT2D eigenvalue weighted by Gasteiger charge is 2.34. The van der Waals surface area contributed by atoms with Gasteiger partial charge < -0.3 is 10.1 Å². The third kappa shape index (κ3) is 4.35. The number of methoxy groups -OCH3 is 1. The number of amides is 1. The van der Waals surface area contributed by atoms with Crippen LogP contribution in [0.25, 0.3) is 5.69 Å². The number of aryl methyl sites for hydroxylation is 1. The van der Waals surface area contributed by atoms with E-state index in [0.717, 1.165) is 16.8 Å². The molecule has 0 spiro atoms. The molecule has 1 heterocycles. The minimum atomic E-state index is -4.62. The Balaban J connectivity index is 1.96. The number of benzene rings is 2. The molecule has 0 bridgehead atoms. The molecule has 0 unspecified atom stereocenters. The Morgan fingerprint density at radius 2 is 1.80 bits per heavy atom. The number of rotatable bonds is 5. The van der Waals surface area contributed by atoms with Crippen molar-refractivity contribution in [1.29, 1.82) is 0 Å². The number of halogens is 3. The molecule has 156 valence electrons. The maximum absolute atomic E-state index is 13.4. The fourth-order valence-corrected chi connectivity index (χ4v) is 2.95. The Morgan fingerprint density at radius 1 is 1.13 bits per heavy atom. The summed E-state index contributed by atoms with van der Waals surface area (Å²) in [6, 6.07) is 12.9. The monoisotopic (exact) mass is 417 g/mol. The van der Waals surface area contributed by atoms with E-state index in [9.17, 15) is 22.8 Å². The topological polar surface area (TPSA) is 73.2 Å². The van der Waals surface area contributed by atoms with E-state index in [4.69, 9.17) is 4.74 Å². The number of carbonyl (C=O) groups is 1. The maximum Gasteiger partial charge on any atom is 0.418 e. The van der Waals surface area contributed by atoms with Gasteiger partial charge in [-0.15, -0.1) is 0 Å². The van der Waals surface area contributed by atoms with Gasteiger partial charge in [0.2, 0.25) is 5.43 Å². The average Bonchev–Trinajstić information content (AvgIpc) is 2.71. The number of alkyl halides is 3. The molecule has 30 heavy (non-hydrogen) atoms. The summed E-state index contributed by atoms with van der Waals surface area (Å²) >= 11 is 0. The van der Waals surface area contributed by atoms with Gasteiger partial charge in [0, 0.05) is 23.9 Å². The van der Waals surface area contributed by atoms with Crippen molar-refractivity contribution in [1.82, 2.24) is 15.1 Å². The first-order valence-corrected chi connectivity index (χ1v) is 8.90. The zero-order chi connectivity index (χ0) is 21.9. The van der Waals surface area contributed by atoms with E-state index in [1.807, 2.05) is 0 Å². The van der Waals surface area contributed by atoms with Gasteiger partial charge in [-0.3, -0.25) is 9.59 Å². The molecule has 2 aromatic carbocycles. The van der Waals surface area contributed by atoms with Crippen molar-refractivity contribution >= 4 is 5.91 Å². The molecule has 0 saturated carbocycles. The number of carbonyl (C=O) groups excluding carboxylic acids is 1. The van der Waals surface area contributed by atoms with E-state index in [1.54, 1.807) is 24.3 Å². The Labute approximate surface area is 169 Å². The van der Waals surface area contributed by atoms with Crippen LogP contribution in [0, 0.1) is 6.92 Å². The standard InChI is InChI=1S/C21H18F3N3O3/c1-13-11-17(28)19(20(29)25-12-14-7-3-6-10-18(14)30-2)26-27(13)16-9-5-4-8-15(16)21(22,23)24/h3-11H,12H2,1-2H3,(H,25,29). The van der Waals surface area contributed by atoms with Crippen molar-refractivity contribution in [2.45, 2.75) is 19.6 Å². The highest BCUT2D eigenvalue weighted by molar-refractivity contribution is 5.92. The van der Waals surface area contributed by atoms with Gasteiger partial charge in [-0.2, -0.15) is 18.3 Å². The molecular formula is C21H18F3N3O3. The van der Waals surface area contributed by atoms with Crippen molar-refractivity contribution in [3.63, 3.8) is 0 Å². The second-order valence-electron chi connectivity index (χ2n) is 6.42. The summed E-state index contributed by atoms with van der Waals surface area (Å²) in [4.78, 5) is 24.9. The number of hydrogen-bond donors (Lipinski definition) is 1. The number of nitrogens with one attached hydrogen (secondary N) is 1. The molecule has 9 heteroatoms. The highest BCUT2D eigenvalue weighted by Crippen LogP contribution is 2.33. The number of hydrogen-bond acceptors (Lipinski definition) is 4. The molecular weight excluding hydrogens is 399 g/mol. The Bertz CT molecular complexity index is 1140. The van der Waals surface area contributed by atoms with E-state index < -0.39 is 28.8 Å². The molecule has 0 fully saturated rings. The first kappa shape index (κ1) is 21.1. The van der Waals surface area contributed by atoms with Gasteiger partial charge in [0.15, 0.2) is 5.69 Å². The minimum Gasteiger partial charge on any atom is -0.496 e. The molecule has 0 aliphatic rings. The van der Waals surface area contributed by atoms with Gasteiger partial charge in [0.25, 0.3) is 5.91 Å². The van der Waals surface area contributed by atoms with E-state index in [2.05, 4.69) is 10.4 Å². The second kappa shape index (κ2) is 8.40. The van der Waals surface area contributed by atoms with Crippen LogP contribution in [0.15, 0.2) is 59.4 Å². The van der Waals surface area contributed by atoms with Crippen LogP contribution in [0.3, 0.4) is 0 Å². The first-order valence-electron chi connectivity index (χ1n) is 8.90. The van der Waals surface area contributed by atoms with Crippen LogP contribution < -0.4 is 15.5 Å². The van der Waals surface area contributed by atoms with Crippen molar-refractivity contribution in [3.8, 4) is 11.4 Å². The predicted octanol–water partition coefficient (Wildman–Crippen LogP) is 3.50. The Morgan fingerprint density at radius 3 is 2.50 bits per heavy atom. The number of para-hydroxylation sites is 2. The molecule has 3 aromatic rings. The van der Waals surface area contributed by atoms with E-state index in [0.29, 0.717) is 11.3 Å². The smallest absolute Gasteiger partial charge is 0.418 e. The molecule has 0 atom stereocenters. The van der Waals surface area contributed by atoms with Crippen LogP contribution in [-0.4, -0.2) is 22.8 Å². The lowest BCUT2D eigenvalue weighted by Crippen LogP contribution is -2.32. The molecule has 1 amide bonds. The Kier molecular flexibility index (Phi) is 5.91. The summed E-state index contributed by atoms with van der Waals surface area (Å²) in [7, 11) is 1.49. The van der Waals surface area contributed by atoms with E-state index in [-0.39, 0.29) is 17.9 Å². The summed E-state index contributed by atoms with van der Waals surface area (Å²) in [5.74, 6) is -0.254. The predicted molar refractivity (Wildman–Crippen MR) is 104 cm³/mol. The molecule has 0 saturated heterocycles. The highest BCUT2D eigenvalue weighted by atomic mass is 19.4. The molecule has 1 N–H and O–H groups in total. The molecule has 0 aliphatic heterocycles. The lowest BCUT2D eigenvalue weighted by atomic mass is 10.1. The first-order chi connectivity index (χ1) is 14.2. The largest absolute Gasteiger partial charge is 0.496 e. The lowest BCUT2D eigenvalue weighted by molar-refractivity contribution is -0.137. The molecule has 6 nitrogen and oxygen atoms in total. The SMILES string of the molecule is COc1ccccc1CNC(=O)c1nn(-c2ccccc2C(F)(F)F)c(C)cc1=O. The second-order valence-corrected chi connectivity index (χ2v) is 6.42. The quantitative estimate of drug-likeness (QED) is 0.690. The fourth-order valence-electron chi connectivity index (χ4n) is 2.95. The summed E-state index contributed by atoms with van der Waals surface area (Å²) < 4.78 is 46.3. The third-order valence-electron chi connectivity index (χ3n) is 4.39. The van der Waals surface area contributed by atoms with Crippen molar-refractivity contribution < 1.29 is 22.7 Å². The average molecular weight is 417 g/mol. The van der Waals surface area contributed by atoms with Gasteiger partial charge in [-0.1, -0.05) is 30.3 Å². The van der Waals surface area contributed by atoms with Crippen LogP contribution in [-0.2, 0) is 12.7 Å². The molecule has 3 rings (SSSR count). The van der Waals surface area contributed by atoms with Crippen molar-refractivity contribution in [2.24, 2.45) is 0 Å². The number of ether oxygens (including phenoxy) is 1. The van der Waals surface area contributed by atoms with Gasteiger partial charge in [-0.05, 0) is 25.1 Å². The zero-order valence-electron chi connectivity index (χ0n) is 16.2. The number of aromatic nitrogens is 2. The lowest BCUT2D eigenvalue weighted by Gasteiger charge is -2.16. The summed E-state index contributed by atoms with van der Waals surface area (Å²) in [5, 5.41) is 6.49. The van der Waals surface area contributed by atoms with Crippen LogP contribution in [0.1, 0.15) is 27.3 Å². The van der Waals surface area contributed by atoms with Crippen LogP contribution >= 0.6 is 0 Å². The van der Waals surface area contributed by atoms with E-state index >= 15 is 0 Å². The molecule has 0 radical (unpaired) electrons. The van der Waals surface area contributed by atoms with Gasteiger partial charge in [0.05, 0.1) is 18.4 Å². The summed E-state index contributed by atoms with van der Waals surface area (Å²) in [5.41, 5.74) is -1.56. The van der Waals surface area contributed by atoms with Crippen molar-refractivity contribution in [2.75, 3.05) is 7.11 Å². The van der Waals surface area contributed by atoms with Crippen LogP contribution in [0.4, 0.5) is 13.2 Å². The molecule has 1 aromatic heterocycles. The Hall–Kier alpha value is -3.62. The maximum atomic E-state index is 13.4. The van der Waals surface area contributed by atoms with Crippen LogP contribution in [0.2, 0.25) is 0 Å². The van der Waals surface area contributed by atoms with Gasteiger partial charge >= 0.3 is 6.18 Å². The summed E-state index contributed by atoms with van der Waals surface area (Å²) in [6.45, 7) is 1.50. The minimum absolute atomic E-state index is 0.0526. The zero-order valence-corrected chi connectivity index (χ0v) is 16.2. The molecule has 0 aliphatic carbocycles. The van der Waals surface area contributed by atoms with Gasteiger partial charge in [0.1, 0.15) is 5.75 Å². The number of nitrogens with zero attached hydrogens (tertiary/aromatic N) is 2. The normalized spacial score (nSPS) is 11.2. The third-order valence-corrected chi connectivity index (χ3v) is 4.39. The fraction of sp³-hybridized carbons (Fsp3) is 0.190. The van der Waals surface area contributed by atoms with Crippen molar-refractivity contribution in [3.05, 3.63) is 87.3 Å². The summed E-state index contributed by atoms with van der Waals surface area (Å²) in [6.07, 6.45) is -4.62. The van der Waals surface area contributed by atoms with Gasteiger partial charge in [-0.25, -0.2) is 4.68 Å². The van der Waals surface area contributed by atoms with Crippen LogP contribution in [0.5, 0.6) is 5.75 Å².